The van der Waals surface area contributed by atoms with Crippen molar-refractivity contribution in [1.29, 1.82) is 5.41 Å². The third kappa shape index (κ3) is 7.74. The topological polar surface area (TPSA) is 85.3 Å². The molecule has 196 valence electrons. The zero-order valence-corrected chi connectivity index (χ0v) is 22.3. The number of amidine groups is 1. The van der Waals surface area contributed by atoms with Gasteiger partial charge in [0.15, 0.2) is 0 Å². The molecule has 37 heavy (non-hydrogen) atoms. The summed E-state index contributed by atoms with van der Waals surface area (Å²) in [5.41, 5.74) is 2.53. The first-order chi connectivity index (χ1) is 17.9. The number of amides is 2. The number of hydrogen-bond acceptors (Lipinski definition) is 3. The Morgan fingerprint density at radius 1 is 0.811 bits per heavy atom. The van der Waals surface area contributed by atoms with Crippen molar-refractivity contribution in [3.05, 3.63) is 94.8 Å². The summed E-state index contributed by atoms with van der Waals surface area (Å²) in [6, 6.07) is 18.1. The van der Waals surface area contributed by atoms with E-state index < -0.39 is 11.7 Å². The minimum atomic E-state index is -0.712. The molecule has 6 nitrogen and oxygen atoms in total. The third-order valence-electron chi connectivity index (χ3n) is 5.64. The average molecular weight is 505 g/mol. The van der Waals surface area contributed by atoms with E-state index in [0.29, 0.717) is 11.3 Å². The fourth-order valence-corrected chi connectivity index (χ4v) is 3.78. The summed E-state index contributed by atoms with van der Waals surface area (Å²) < 4.78 is 14.8. The van der Waals surface area contributed by atoms with Crippen LogP contribution < -0.4 is 10.6 Å². The van der Waals surface area contributed by atoms with Crippen LogP contribution in [0, 0.1) is 18.2 Å². The van der Waals surface area contributed by atoms with Crippen LogP contribution in [0.2, 0.25) is 0 Å². The smallest absolute Gasteiger partial charge is 0.258 e. The number of likely N-dealkylation sites (tertiary alicyclic amines) is 1. The lowest BCUT2D eigenvalue weighted by Gasteiger charge is -2.19. The van der Waals surface area contributed by atoms with Gasteiger partial charge in [-0.05, 0) is 56.2 Å². The zero-order chi connectivity index (χ0) is 27.4. The van der Waals surface area contributed by atoms with Crippen molar-refractivity contribution >= 4 is 29.0 Å². The number of benzene rings is 3. The van der Waals surface area contributed by atoms with Crippen molar-refractivity contribution in [3.8, 4) is 0 Å². The lowest BCUT2D eigenvalue weighted by Crippen LogP contribution is -2.28. The van der Waals surface area contributed by atoms with E-state index in [9.17, 15) is 14.0 Å². The molecule has 1 aliphatic rings. The molecule has 3 N–H and O–H groups in total. The Morgan fingerprint density at radius 2 is 1.41 bits per heavy atom. The van der Waals surface area contributed by atoms with E-state index in [1.54, 1.807) is 42.5 Å². The number of carbonyl (C=O) groups excluding carboxylic acids is 2. The molecule has 0 unspecified atom stereocenters. The van der Waals surface area contributed by atoms with Gasteiger partial charge in [-0.15, -0.1) is 0 Å². The quantitative estimate of drug-likeness (QED) is 0.256. The first-order valence-corrected chi connectivity index (χ1v) is 12.8. The van der Waals surface area contributed by atoms with E-state index in [1.165, 1.54) is 12.1 Å². The number of halogens is 1. The fraction of sp³-hybridized carbons (Fsp3) is 0.300. The summed E-state index contributed by atoms with van der Waals surface area (Å²) >= 11 is 0. The number of aryl methyl sites for hydroxylation is 1. The monoisotopic (exact) mass is 504 g/mol. The number of rotatable bonds is 5. The predicted octanol–water partition coefficient (Wildman–Crippen LogP) is 7.11. The SMILES string of the molecule is CC.CC.Cc1ccc(NC(=O)c2ccccc2NC(=O)c2ccc(C(=N)N3CCCC3)cc2F)cc1. The van der Waals surface area contributed by atoms with Gasteiger partial charge in [-0.1, -0.05) is 63.6 Å². The lowest BCUT2D eigenvalue weighted by molar-refractivity contribution is 0.102. The summed E-state index contributed by atoms with van der Waals surface area (Å²) in [5, 5.41) is 13.7. The van der Waals surface area contributed by atoms with E-state index in [1.807, 2.05) is 51.7 Å². The Bertz CT molecular complexity index is 1200. The number of carbonyl (C=O) groups is 2. The summed E-state index contributed by atoms with van der Waals surface area (Å²) in [4.78, 5) is 27.5. The number of nitrogens with one attached hydrogen (secondary N) is 3. The molecule has 0 spiro atoms. The molecule has 0 saturated carbocycles. The molecule has 0 aliphatic carbocycles. The summed E-state index contributed by atoms with van der Waals surface area (Å²) in [5.74, 6) is -1.50. The summed E-state index contributed by atoms with van der Waals surface area (Å²) in [6.07, 6.45) is 2.03. The highest BCUT2D eigenvalue weighted by atomic mass is 19.1. The molecular formula is C30H37FN4O2. The summed E-state index contributed by atoms with van der Waals surface area (Å²) in [7, 11) is 0. The molecule has 1 fully saturated rings. The van der Waals surface area contributed by atoms with Crippen LogP contribution in [0.1, 0.15) is 72.4 Å². The van der Waals surface area contributed by atoms with Crippen LogP contribution >= 0.6 is 0 Å². The molecule has 0 aromatic heterocycles. The minimum Gasteiger partial charge on any atom is -0.357 e. The van der Waals surface area contributed by atoms with Gasteiger partial charge < -0.3 is 15.5 Å². The van der Waals surface area contributed by atoms with Crippen molar-refractivity contribution in [2.24, 2.45) is 0 Å². The van der Waals surface area contributed by atoms with Crippen LogP contribution in [0.4, 0.5) is 15.8 Å². The van der Waals surface area contributed by atoms with Crippen LogP contribution in [0.3, 0.4) is 0 Å². The highest BCUT2D eigenvalue weighted by Gasteiger charge is 2.20. The van der Waals surface area contributed by atoms with Gasteiger partial charge in [0.2, 0.25) is 0 Å². The second-order valence-corrected chi connectivity index (χ2v) is 8.06. The van der Waals surface area contributed by atoms with Crippen LogP contribution in [0.15, 0.2) is 66.7 Å². The number of para-hydroxylation sites is 1. The van der Waals surface area contributed by atoms with E-state index in [0.717, 1.165) is 31.5 Å². The molecule has 7 heteroatoms. The first-order valence-electron chi connectivity index (χ1n) is 12.8. The normalized spacial score (nSPS) is 11.9. The standard InChI is InChI=1S/C26H25FN4O2.2C2H6/c1-17-8-11-19(12-9-17)29-26(33)21-6-2-3-7-23(21)30-25(32)20-13-10-18(16-22(20)27)24(28)31-14-4-5-15-31;2*1-2/h2-3,6-13,16,28H,4-5,14-15H2,1H3,(H,29,33)(H,30,32);2*1-2H3. The molecular weight excluding hydrogens is 467 g/mol. The van der Waals surface area contributed by atoms with Gasteiger partial charge in [-0.25, -0.2) is 4.39 Å². The number of nitrogens with zero attached hydrogens (tertiary/aromatic N) is 1. The summed E-state index contributed by atoms with van der Waals surface area (Å²) in [6.45, 7) is 11.5. The zero-order valence-electron chi connectivity index (χ0n) is 22.3. The second-order valence-electron chi connectivity index (χ2n) is 8.06. The first kappa shape index (κ1) is 29.2. The van der Waals surface area contributed by atoms with Crippen molar-refractivity contribution in [1.82, 2.24) is 4.90 Å². The number of anilines is 2. The van der Waals surface area contributed by atoms with Crippen LogP contribution in [-0.4, -0.2) is 35.6 Å². The van der Waals surface area contributed by atoms with Crippen molar-refractivity contribution in [2.75, 3.05) is 23.7 Å². The molecule has 0 bridgehead atoms. The molecule has 0 radical (unpaired) electrons. The maximum absolute atomic E-state index is 14.8. The molecule has 1 aliphatic heterocycles. The van der Waals surface area contributed by atoms with Crippen LogP contribution in [0.25, 0.3) is 0 Å². The largest absolute Gasteiger partial charge is 0.357 e. The Balaban J connectivity index is 0.00000115. The number of hydrogen-bond donors (Lipinski definition) is 3. The van der Waals surface area contributed by atoms with Crippen LogP contribution in [0.5, 0.6) is 0 Å². The second kappa shape index (κ2) is 14.5. The maximum atomic E-state index is 14.8. The lowest BCUT2D eigenvalue weighted by atomic mass is 10.1. The van der Waals surface area contributed by atoms with Gasteiger partial charge in [-0.2, -0.15) is 0 Å². The molecule has 3 aromatic carbocycles. The van der Waals surface area contributed by atoms with E-state index in [4.69, 9.17) is 5.41 Å². The highest BCUT2D eigenvalue weighted by Crippen LogP contribution is 2.21. The Kier molecular flexibility index (Phi) is 11.5. The average Bonchev–Trinajstić information content (AvgIpc) is 3.47. The van der Waals surface area contributed by atoms with Crippen molar-refractivity contribution in [2.45, 2.75) is 47.5 Å². The Hall–Kier alpha value is -4.00. The van der Waals surface area contributed by atoms with E-state index in [-0.39, 0.29) is 28.6 Å². The molecule has 4 rings (SSSR count). The van der Waals surface area contributed by atoms with Gasteiger partial charge in [0, 0.05) is 24.3 Å². The van der Waals surface area contributed by atoms with Gasteiger partial charge in [0.1, 0.15) is 11.7 Å². The molecule has 1 heterocycles. The van der Waals surface area contributed by atoms with Crippen LogP contribution in [-0.2, 0) is 0 Å². The molecule has 0 atom stereocenters. The minimum absolute atomic E-state index is 0.151. The van der Waals surface area contributed by atoms with Crippen molar-refractivity contribution < 1.29 is 14.0 Å². The molecule has 1 saturated heterocycles. The fourth-order valence-electron chi connectivity index (χ4n) is 3.78. The Morgan fingerprint density at radius 3 is 2.03 bits per heavy atom. The maximum Gasteiger partial charge on any atom is 0.258 e. The highest BCUT2D eigenvalue weighted by molar-refractivity contribution is 6.12. The van der Waals surface area contributed by atoms with E-state index >= 15 is 0 Å². The predicted molar refractivity (Wildman–Crippen MR) is 150 cm³/mol. The van der Waals surface area contributed by atoms with Gasteiger partial charge in [0.25, 0.3) is 11.8 Å². The molecule has 3 aromatic rings. The van der Waals surface area contributed by atoms with Gasteiger partial charge in [0.05, 0.1) is 16.8 Å². The van der Waals surface area contributed by atoms with Gasteiger partial charge in [-0.3, -0.25) is 15.0 Å². The Labute approximate surface area is 219 Å². The van der Waals surface area contributed by atoms with Gasteiger partial charge >= 0.3 is 0 Å². The molecule has 2 amide bonds. The van der Waals surface area contributed by atoms with Crippen molar-refractivity contribution in [3.63, 3.8) is 0 Å². The third-order valence-corrected chi connectivity index (χ3v) is 5.64. The van der Waals surface area contributed by atoms with E-state index in [2.05, 4.69) is 10.6 Å².